The summed E-state index contributed by atoms with van der Waals surface area (Å²) in [5.74, 6) is 1.21. The van der Waals surface area contributed by atoms with Gasteiger partial charge in [-0.3, -0.25) is 4.79 Å². The van der Waals surface area contributed by atoms with Gasteiger partial charge in [-0.05, 0) is 73.5 Å². The first-order valence-electron chi connectivity index (χ1n) is 9.90. The van der Waals surface area contributed by atoms with Crippen molar-refractivity contribution in [1.29, 1.82) is 0 Å². The Hall–Kier alpha value is -1.76. The fraction of sp³-hybridized carbons (Fsp3) is 0.667. The van der Waals surface area contributed by atoms with Crippen LogP contribution >= 0.6 is 0 Å². The van der Waals surface area contributed by atoms with Crippen molar-refractivity contribution in [2.75, 3.05) is 6.61 Å². The van der Waals surface area contributed by atoms with Gasteiger partial charge < -0.3 is 15.2 Å². The van der Waals surface area contributed by atoms with Crippen LogP contribution in [-0.4, -0.2) is 29.4 Å². The van der Waals surface area contributed by atoms with Gasteiger partial charge in [0.25, 0.3) is 0 Å². The van der Waals surface area contributed by atoms with E-state index in [0.717, 1.165) is 37.7 Å². The van der Waals surface area contributed by atoms with Gasteiger partial charge in [-0.2, -0.15) is 13.2 Å². The van der Waals surface area contributed by atoms with Crippen LogP contribution in [0.3, 0.4) is 0 Å². The second-order valence-electron chi connectivity index (χ2n) is 9.19. The van der Waals surface area contributed by atoms with Gasteiger partial charge in [0.2, 0.25) is 5.91 Å². The third kappa shape index (κ3) is 4.45. The van der Waals surface area contributed by atoms with Crippen LogP contribution in [0.25, 0.3) is 0 Å². The molecule has 4 aliphatic rings. The average molecular weight is 397 g/mol. The largest absolute Gasteiger partial charge is 0.484 e. The molecule has 0 aromatic heterocycles. The van der Waals surface area contributed by atoms with E-state index >= 15 is 0 Å². The number of carbonyl (C=O) groups excluding carboxylic acids is 1. The summed E-state index contributed by atoms with van der Waals surface area (Å²) in [4.78, 5) is 12.5. The molecule has 4 saturated carbocycles. The Bertz CT molecular complexity index is 717. The molecule has 154 valence electrons. The van der Waals surface area contributed by atoms with E-state index in [9.17, 15) is 23.1 Å². The third-order valence-electron chi connectivity index (χ3n) is 6.50. The summed E-state index contributed by atoms with van der Waals surface area (Å²) >= 11 is 0. The Morgan fingerprint density at radius 1 is 1.14 bits per heavy atom. The van der Waals surface area contributed by atoms with E-state index in [1.165, 1.54) is 18.6 Å². The molecule has 4 aliphatic carbocycles. The Morgan fingerprint density at radius 2 is 1.79 bits per heavy atom. The number of ether oxygens (including phenoxy) is 1. The van der Waals surface area contributed by atoms with Crippen molar-refractivity contribution >= 4 is 5.91 Å². The standard InChI is InChI=1S/C21H26F3NO3/c22-21(23,24)13-28-17-3-1-14(2-4-17)11-25-18(26)10-19-6-15-5-16(7-19)9-20(27,8-15)12-19/h1-4,15-16,27H,5-13H2,(H,25,26). The summed E-state index contributed by atoms with van der Waals surface area (Å²) in [5, 5.41) is 13.7. The highest BCUT2D eigenvalue weighted by Crippen LogP contribution is 2.62. The number of aliphatic hydroxyl groups is 1. The van der Waals surface area contributed by atoms with Crippen LogP contribution in [0.1, 0.15) is 50.5 Å². The maximum absolute atomic E-state index is 12.5. The number of hydrogen-bond acceptors (Lipinski definition) is 3. The number of amides is 1. The van der Waals surface area contributed by atoms with Crippen molar-refractivity contribution in [3.63, 3.8) is 0 Å². The lowest BCUT2D eigenvalue weighted by molar-refractivity contribution is -0.169. The monoisotopic (exact) mass is 397 g/mol. The van der Waals surface area contributed by atoms with Crippen LogP contribution in [0.2, 0.25) is 0 Å². The topological polar surface area (TPSA) is 58.6 Å². The first-order valence-corrected chi connectivity index (χ1v) is 9.90. The molecule has 1 amide bonds. The minimum atomic E-state index is -4.36. The number of halogens is 3. The summed E-state index contributed by atoms with van der Waals surface area (Å²) in [7, 11) is 0. The molecule has 0 radical (unpaired) electrons. The van der Waals surface area contributed by atoms with E-state index in [0.29, 0.717) is 24.8 Å². The second kappa shape index (κ2) is 6.94. The van der Waals surface area contributed by atoms with Crippen molar-refractivity contribution in [2.45, 2.75) is 63.3 Å². The van der Waals surface area contributed by atoms with E-state index in [4.69, 9.17) is 0 Å². The smallest absolute Gasteiger partial charge is 0.422 e. The van der Waals surface area contributed by atoms with Crippen LogP contribution in [-0.2, 0) is 11.3 Å². The molecule has 2 atom stereocenters. The van der Waals surface area contributed by atoms with Crippen molar-refractivity contribution in [1.82, 2.24) is 5.32 Å². The van der Waals surface area contributed by atoms with Crippen molar-refractivity contribution in [3.05, 3.63) is 29.8 Å². The molecule has 1 aromatic rings. The van der Waals surface area contributed by atoms with Gasteiger partial charge in [-0.15, -0.1) is 0 Å². The normalized spacial score (nSPS) is 33.7. The molecule has 7 heteroatoms. The molecule has 4 fully saturated rings. The first kappa shape index (κ1) is 19.6. The van der Waals surface area contributed by atoms with Gasteiger partial charge in [0.15, 0.2) is 6.61 Å². The van der Waals surface area contributed by atoms with E-state index in [1.807, 2.05) is 0 Å². The van der Waals surface area contributed by atoms with Gasteiger partial charge in [-0.25, -0.2) is 0 Å². The molecular weight excluding hydrogens is 371 g/mol. The molecule has 5 rings (SSSR count). The summed E-state index contributed by atoms with van der Waals surface area (Å²) in [6, 6.07) is 6.25. The minimum Gasteiger partial charge on any atom is -0.484 e. The van der Waals surface area contributed by atoms with Crippen LogP contribution < -0.4 is 10.1 Å². The van der Waals surface area contributed by atoms with Crippen molar-refractivity contribution < 1.29 is 27.8 Å². The highest BCUT2D eigenvalue weighted by molar-refractivity contribution is 5.76. The molecule has 0 spiro atoms. The lowest BCUT2D eigenvalue weighted by Gasteiger charge is -2.60. The summed E-state index contributed by atoms with van der Waals surface area (Å²) in [6.07, 6.45) is 1.83. The number of nitrogens with one attached hydrogen (secondary N) is 1. The quantitative estimate of drug-likeness (QED) is 0.764. The Morgan fingerprint density at radius 3 is 2.36 bits per heavy atom. The molecule has 0 saturated heterocycles. The molecule has 0 heterocycles. The van der Waals surface area contributed by atoms with E-state index in [1.54, 1.807) is 12.1 Å². The highest BCUT2D eigenvalue weighted by atomic mass is 19.4. The van der Waals surface area contributed by atoms with Gasteiger partial charge in [0, 0.05) is 13.0 Å². The lowest BCUT2D eigenvalue weighted by atomic mass is 9.47. The van der Waals surface area contributed by atoms with E-state index in [-0.39, 0.29) is 17.1 Å². The zero-order valence-corrected chi connectivity index (χ0v) is 15.7. The molecule has 4 bridgehead atoms. The molecule has 0 aliphatic heterocycles. The Balaban J connectivity index is 1.28. The van der Waals surface area contributed by atoms with Crippen LogP contribution in [0.15, 0.2) is 24.3 Å². The maximum atomic E-state index is 12.5. The molecule has 2 N–H and O–H groups in total. The second-order valence-corrected chi connectivity index (χ2v) is 9.19. The summed E-state index contributed by atoms with van der Waals surface area (Å²) < 4.78 is 41.2. The fourth-order valence-corrected chi connectivity index (χ4v) is 6.08. The summed E-state index contributed by atoms with van der Waals surface area (Å²) in [6.45, 7) is -0.995. The maximum Gasteiger partial charge on any atom is 0.422 e. The van der Waals surface area contributed by atoms with Gasteiger partial charge in [-0.1, -0.05) is 12.1 Å². The van der Waals surface area contributed by atoms with Crippen LogP contribution in [0, 0.1) is 17.3 Å². The third-order valence-corrected chi connectivity index (χ3v) is 6.50. The van der Waals surface area contributed by atoms with Crippen molar-refractivity contribution in [2.24, 2.45) is 17.3 Å². The van der Waals surface area contributed by atoms with Crippen LogP contribution in [0.4, 0.5) is 13.2 Å². The number of alkyl halides is 3. The SMILES string of the molecule is O=C(CC12CC3CC(CC(O)(C3)C1)C2)NCc1ccc(OCC(F)(F)F)cc1. The molecule has 4 nitrogen and oxygen atoms in total. The van der Waals surface area contributed by atoms with Gasteiger partial charge >= 0.3 is 6.18 Å². The predicted molar refractivity (Wildman–Crippen MR) is 96.5 cm³/mol. The molecule has 28 heavy (non-hydrogen) atoms. The van der Waals surface area contributed by atoms with Gasteiger partial charge in [0.05, 0.1) is 5.60 Å². The average Bonchev–Trinajstić information content (AvgIpc) is 2.56. The highest BCUT2D eigenvalue weighted by Gasteiger charge is 2.57. The number of hydrogen-bond donors (Lipinski definition) is 2. The van der Waals surface area contributed by atoms with Crippen LogP contribution in [0.5, 0.6) is 5.75 Å². The molecule has 2 unspecified atom stereocenters. The Labute approximate surface area is 162 Å². The lowest BCUT2D eigenvalue weighted by Crippen LogP contribution is -2.56. The van der Waals surface area contributed by atoms with E-state index in [2.05, 4.69) is 10.1 Å². The molecular formula is C21H26F3NO3. The predicted octanol–water partition coefficient (Wildman–Crippen LogP) is 3.97. The number of carbonyl (C=O) groups is 1. The first-order chi connectivity index (χ1) is 13.1. The molecule has 1 aromatic carbocycles. The zero-order valence-electron chi connectivity index (χ0n) is 15.7. The zero-order chi connectivity index (χ0) is 20.0. The van der Waals surface area contributed by atoms with Gasteiger partial charge in [0.1, 0.15) is 5.75 Å². The summed E-state index contributed by atoms with van der Waals surface area (Å²) in [5.41, 5.74) is 0.159. The fourth-order valence-electron chi connectivity index (χ4n) is 6.08. The minimum absolute atomic E-state index is 0.0250. The number of benzene rings is 1. The Kier molecular flexibility index (Phi) is 4.84. The van der Waals surface area contributed by atoms with Crippen molar-refractivity contribution in [3.8, 4) is 5.75 Å². The van der Waals surface area contributed by atoms with E-state index < -0.39 is 18.4 Å². The number of rotatable bonds is 6.